The molecule has 0 spiro atoms. The Bertz CT molecular complexity index is 1050. The second-order valence-corrected chi connectivity index (χ2v) is 7.71. The largest absolute Gasteiger partial charge is 0.310 e. The predicted molar refractivity (Wildman–Crippen MR) is 102 cm³/mol. The van der Waals surface area contributed by atoms with E-state index in [1.54, 1.807) is 23.0 Å². The Morgan fingerprint density at radius 2 is 2.00 bits per heavy atom. The molecule has 1 amide bonds. The van der Waals surface area contributed by atoms with E-state index in [9.17, 15) is 14.0 Å². The fourth-order valence-electron chi connectivity index (χ4n) is 3.22. The van der Waals surface area contributed by atoms with E-state index in [4.69, 9.17) is 0 Å². The van der Waals surface area contributed by atoms with Crippen LogP contribution in [0, 0.1) is 5.82 Å². The minimum Gasteiger partial charge on any atom is -0.310 e. The molecule has 27 heavy (non-hydrogen) atoms. The normalized spacial score (nSPS) is 16.9. The van der Waals surface area contributed by atoms with Gasteiger partial charge in [-0.2, -0.15) is 5.10 Å². The van der Waals surface area contributed by atoms with Crippen LogP contribution >= 0.6 is 11.8 Å². The molecule has 4 rings (SSSR count). The van der Waals surface area contributed by atoms with Gasteiger partial charge in [-0.1, -0.05) is 0 Å². The molecule has 0 radical (unpaired) electrons. The molecule has 1 atom stereocenters. The lowest BCUT2D eigenvalue weighted by Gasteiger charge is -2.15. The van der Waals surface area contributed by atoms with Gasteiger partial charge in [0.2, 0.25) is 5.91 Å². The third kappa shape index (κ3) is 3.08. The van der Waals surface area contributed by atoms with Gasteiger partial charge < -0.3 is 5.32 Å². The van der Waals surface area contributed by atoms with Crippen molar-refractivity contribution in [3.8, 4) is 11.3 Å². The lowest BCUT2D eigenvalue weighted by Crippen LogP contribution is -2.17. The average Bonchev–Trinajstić information content (AvgIpc) is 3.18. The molecule has 2 aromatic heterocycles. The maximum atomic E-state index is 13.3. The predicted octanol–water partition coefficient (Wildman–Crippen LogP) is 3.06. The van der Waals surface area contributed by atoms with Crippen molar-refractivity contribution in [3.05, 3.63) is 57.8 Å². The zero-order chi connectivity index (χ0) is 19.1. The van der Waals surface area contributed by atoms with Crippen LogP contribution in [0.5, 0.6) is 0 Å². The summed E-state index contributed by atoms with van der Waals surface area (Å²) in [5.74, 6) is 0.210. The van der Waals surface area contributed by atoms with Crippen LogP contribution in [0.3, 0.4) is 0 Å². The van der Waals surface area contributed by atoms with Crippen molar-refractivity contribution in [2.45, 2.75) is 25.1 Å². The lowest BCUT2D eigenvalue weighted by atomic mass is 10.0. The van der Waals surface area contributed by atoms with Crippen molar-refractivity contribution < 1.29 is 9.18 Å². The molecule has 3 aromatic rings. The number of aromatic amines is 2. The van der Waals surface area contributed by atoms with Crippen LogP contribution in [-0.2, 0) is 4.79 Å². The van der Waals surface area contributed by atoms with Crippen LogP contribution in [0.15, 0.2) is 35.3 Å². The fourth-order valence-corrected chi connectivity index (χ4v) is 4.35. The van der Waals surface area contributed by atoms with Gasteiger partial charge in [-0.25, -0.2) is 4.39 Å². The molecule has 0 saturated heterocycles. The summed E-state index contributed by atoms with van der Waals surface area (Å²) in [6, 6.07) is 6.03. The zero-order valence-corrected chi connectivity index (χ0v) is 15.6. The van der Waals surface area contributed by atoms with Gasteiger partial charge in [0, 0.05) is 17.2 Å². The molecule has 0 fully saturated rings. The van der Waals surface area contributed by atoms with E-state index in [0.29, 0.717) is 17.1 Å². The van der Waals surface area contributed by atoms with Crippen LogP contribution in [-0.4, -0.2) is 31.6 Å². The monoisotopic (exact) mass is 387 g/mol. The maximum Gasteiger partial charge on any atom is 0.270 e. The SMILES string of the molecule is CC(C)n1[nH]c(=O)c2c1NC(=O)CSC2c1cn[nH]c1-c1ccc(F)cc1. The smallest absolute Gasteiger partial charge is 0.270 e. The Balaban J connectivity index is 1.87. The summed E-state index contributed by atoms with van der Waals surface area (Å²) >= 11 is 1.36. The van der Waals surface area contributed by atoms with Crippen molar-refractivity contribution in [2.75, 3.05) is 11.1 Å². The third-order valence-electron chi connectivity index (χ3n) is 4.46. The number of fused-ring (bicyclic) bond motifs is 1. The van der Waals surface area contributed by atoms with Gasteiger partial charge >= 0.3 is 0 Å². The quantitative estimate of drug-likeness (QED) is 0.644. The number of rotatable bonds is 3. The van der Waals surface area contributed by atoms with Gasteiger partial charge in [-0.3, -0.25) is 24.5 Å². The number of hydrogen-bond donors (Lipinski definition) is 3. The van der Waals surface area contributed by atoms with E-state index in [1.807, 2.05) is 13.8 Å². The number of anilines is 1. The number of nitrogens with zero attached hydrogens (tertiary/aromatic N) is 2. The Labute approximate surface area is 158 Å². The number of carbonyl (C=O) groups is 1. The van der Waals surface area contributed by atoms with Gasteiger partial charge in [-0.15, -0.1) is 11.8 Å². The van der Waals surface area contributed by atoms with Crippen LogP contribution < -0.4 is 10.9 Å². The van der Waals surface area contributed by atoms with Crippen molar-refractivity contribution in [2.24, 2.45) is 0 Å². The van der Waals surface area contributed by atoms with E-state index in [0.717, 1.165) is 11.1 Å². The molecule has 0 aliphatic carbocycles. The minimum atomic E-state index is -0.387. The summed E-state index contributed by atoms with van der Waals surface area (Å²) in [7, 11) is 0. The van der Waals surface area contributed by atoms with Gasteiger partial charge in [0.15, 0.2) is 0 Å². The van der Waals surface area contributed by atoms with Crippen molar-refractivity contribution in [1.82, 2.24) is 20.0 Å². The highest BCUT2D eigenvalue weighted by Crippen LogP contribution is 2.43. The number of thioether (sulfide) groups is 1. The molecular formula is C18H18FN5O2S. The molecule has 7 nitrogen and oxygen atoms in total. The fraction of sp³-hybridized carbons (Fsp3) is 0.278. The number of halogens is 1. The molecule has 0 saturated carbocycles. The van der Waals surface area contributed by atoms with Crippen LogP contribution in [0.1, 0.15) is 36.3 Å². The highest BCUT2D eigenvalue weighted by Gasteiger charge is 2.33. The second-order valence-electron chi connectivity index (χ2n) is 6.61. The summed E-state index contributed by atoms with van der Waals surface area (Å²) < 4.78 is 15.0. The van der Waals surface area contributed by atoms with Gasteiger partial charge in [0.1, 0.15) is 11.6 Å². The Morgan fingerprint density at radius 1 is 1.26 bits per heavy atom. The third-order valence-corrected chi connectivity index (χ3v) is 5.72. The van der Waals surface area contributed by atoms with E-state index in [1.165, 1.54) is 23.9 Å². The first-order valence-electron chi connectivity index (χ1n) is 8.50. The Kier molecular flexibility index (Phi) is 4.39. The first kappa shape index (κ1) is 17.6. The number of benzene rings is 1. The standard InChI is InChI=1S/C18H18FN5O2S/c1-9(2)24-17-14(18(26)23-24)16(27-8-13(25)21-17)12-7-20-22-15(12)10-3-5-11(19)6-4-10/h3-7,9,16H,8H2,1-2H3,(H,20,22)(H,21,25)(H,23,26). The molecule has 1 unspecified atom stereocenters. The van der Waals surface area contributed by atoms with E-state index in [-0.39, 0.29) is 34.3 Å². The van der Waals surface area contributed by atoms with E-state index < -0.39 is 0 Å². The van der Waals surface area contributed by atoms with Crippen LogP contribution in [0.25, 0.3) is 11.3 Å². The van der Waals surface area contributed by atoms with Crippen molar-refractivity contribution >= 4 is 23.5 Å². The topological polar surface area (TPSA) is 95.6 Å². The maximum absolute atomic E-state index is 13.3. The number of nitrogens with one attached hydrogen (secondary N) is 3. The van der Waals surface area contributed by atoms with Gasteiger partial charge in [-0.05, 0) is 38.1 Å². The highest BCUT2D eigenvalue weighted by molar-refractivity contribution is 8.00. The summed E-state index contributed by atoms with van der Waals surface area (Å²) in [5, 5.41) is 12.3. The van der Waals surface area contributed by atoms with Crippen LogP contribution in [0.2, 0.25) is 0 Å². The number of aromatic nitrogens is 4. The van der Waals surface area contributed by atoms with Crippen LogP contribution in [0.4, 0.5) is 10.2 Å². The number of carbonyl (C=O) groups excluding carboxylic acids is 1. The Morgan fingerprint density at radius 3 is 2.70 bits per heavy atom. The highest BCUT2D eigenvalue weighted by atomic mass is 32.2. The molecule has 1 aliphatic rings. The zero-order valence-electron chi connectivity index (χ0n) is 14.7. The second kappa shape index (κ2) is 6.73. The van der Waals surface area contributed by atoms with Gasteiger partial charge in [0.25, 0.3) is 5.56 Å². The van der Waals surface area contributed by atoms with E-state index in [2.05, 4.69) is 20.6 Å². The molecule has 140 valence electrons. The lowest BCUT2D eigenvalue weighted by molar-refractivity contribution is -0.113. The molecule has 0 bridgehead atoms. The van der Waals surface area contributed by atoms with Gasteiger partial charge in [0.05, 0.1) is 28.5 Å². The first-order valence-corrected chi connectivity index (χ1v) is 9.55. The molecule has 3 N–H and O–H groups in total. The molecule has 1 aliphatic heterocycles. The molecular weight excluding hydrogens is 369 g/mol. The number of hydrogen-bond acceptors (Lipinski definition) is 4. The molecule has 3 heterocycles. The summed E-state index contributed by atoms with van der Waals surface area (Å²) in [5.41, 5.74) is 2.48. The number of H-pyrrole nitrogens is 2. The van der Waals surface area contributed by atoms with E-state index >= 15 is 0 Å². The van der Waals surface area contributed by atoms with Crippen molar-refractivity contribution in [1.29, 1.82) is 0 Å². The summed E-state index contributed by atoms with van der Waals surface area (Å²) in [6.07, 6.45) is 1.65. The molecule has 9 heteroatoms. The van der Waals surface area contributed by atoms with Crippen molar-refractivity contribution in [3.63, 3.8) is 0 Å². The summed E-state index contributed by atoms with van der Waals surface area (Å²) in [6.45, 7) is 3.86. The average molecular weight is 387 g/mol. The Hall–Kier alpha value is -2.81. The first-order chi connectivity index (χ1) is 13.0. The number of amides is 1. The molecule has 1 aromatic carbocycles. The summed E-state index contributed by atoms with van der Waals surface area (Å²) in [4.78, 5) is 24.9. The minimum absolute atomic E-state index is 0.0218.